The van der Waals surface area contributed by atoms with E-state index < -0.39 is 0 Å². The Morgan fingerprint density at radius 2 is 2.00 bits per heavy atom. The Labute approximate surface area is 133 Å². The van der Waals surface area contributed by atoms with Gasteiger partial charge in [-0.2, -0.15) is 0 Å². The molecule has 0 saturated heterocycles. The van der Waals surface area contributed by atoms with Crippen molar-refractivity contribution in [3.05, 3.63) is 28.2 Å². The molecule has 4 N–H and O–H groups in total. The molecule has 0 aliphatic rings. The number of carbonyl (C=O) groups excluding carboxylic acids is 1. The third-order valence-corrected chi connectivity index (χ3v) is 3.76. The second-order valence-electron chi connectivity index (χ2n) is 4.94. The molecular weight excluding hydrogens is 334 g/mol. The lowest BCUT2D eigenvalue weighted by atomic mass is 9.97. The van der Waals surface area contributed by atoms with E-state index >= 15 is 0 Å². The van der Waals surface area contributed by atoms with E-state index in [1.807, 2.05) is 0 Å². The van der Waals surface area contributed by atoms with E-state index in [1.165, 1.54) is 0 Å². The van der Waals surface area contributed by atoms with E-state index in [9.17, 15) is 4.79 Å². The van der Waals surface area contributed by atoms with Crippen LogP contribution < -0.4 is 11.1 Å². The molecule has 1 aromatic carbocycles. The maximum Gasteiger partial charge on any atom is 0.227 e. The molecule has 0 aliphatic carbocycles. The first-order valence-corrected chi connectivity index (χ1v) is 7.91. The fourth-order valence-corrected chi connectivity index (χ4v) is 2.60. The lowest BCUT2D eigenvalue weighted by Gasteiger charge is -2.17. The number of amidine groups is 1. The van der Waals surface area contributed by atoms with E-state index in [1.54, 1.807) is 18.2 Å². The zero-order chi connectivity index (χ0) is 15.8. The van der Waals surface area contributed by atoms with Gasteiger partial charge in [-0.3, -0.25) is 4.79 Å². The zero-order valence-corrected chi connectivity index (χ0v) is 14.0. The van der Waals surface area contributed by atoms with Crippen LogP contribution in [0.3, 0.4) is 0 Å². The highest BCUT2D eigenvalue weighted by Gasteiger charge is 2.18. The predicted octanol–water partition coefficient (Wildman–Crippen LogP) is 3.70. The summed E-state index contributed by atoms with van der Waals surface area (Å²) in [7, 11) is 0. The molecule has 0 unspecified atom stereocenters. The first kappa shape index (κ1) is 17.5. The minimum Gasteiger partial charge on any atom is -0.409 e. The molecule has 0 atom stereocenters. The first-order valence-electron chi connectivity index (χ1n) is 7.11. The molecule has 5 nitrogen and oxygen atoms in total. The Balaban J connectivity index is 3.00. The van der Waals surface area contributed by atoms with Crippen LogP contribution >= 0.6 is 15.9 Å². The number of amides is 1. The molecule has 1 rings (SSSR count). The summed E-state index contributed by atoms with van der Waals surface area (Å²) < 4.78 is 0.815. The summed E-state index contributed by atoms with van der Waals surface area (Å²) in [5.41, 5.74) is 6.69. The number of nitrogens with zero attached hydrogens (tertiary/aromatic N) is 1. The van der Waals surface area contributed by atoms with Crippen molar-refractivity contribution in [1.29, 1.82) is 0 Å². The smallest absolute Gasteiger partial charge is 0.227 e. The third kappa shape index (κ3) is 5.04. The molecule has 6 heteroatoms. The summed E-state index contributed by atoms with van der Waals surface area (Å²) in [6.45, 7) is 4.13. The molecular formula is C15H22BrN3O2. The number of nitrogens with two attached hydrogens (primary N) is 1. The van der Waals surface area contributed by atoms with Crippen LogP contribution in [0.15, 0.2) is 27.8 Å². The van der Waals surface area contributed by atoms with Crippen LogP contribution in [0.25, 0.3) is 0 Å². The highest BCUT2D eigenvalue weighted by atomic mass is 79.9. The van der Waals surface area contributed by atoms with Gasteiger partial charge in [0.05, 0.1) is 5.69 Å². The summed E-state index contributed by atoms with van der Waals surface area (Å²) in [5, 5.41) is 14.7. The second-order valence-corrected chi connectivity index (χ2v) is 5.85. The molecule has 0 heterocycles. The van der Waals surface area contributed by atoms with E-state index in [4.69, 9.17) is 10.9 Å². The van der Waals surface area contributed by atoms with Crippen LogP contribution in [0.1, 0.15) is 45.1 Å². The van der Waals surface area contributed by atoms with Crippen molar-refractivity contribution in [3.63, 3.8) is 0 Å². The molecule has 0 radical (unpaired) electrons. The van der Waals surface area contributed by atoms with Crippen molar-refractivity contribution in [3.8, 4) is 0 Å². The van der Waals surface area contributed by atoms with Gasteiger partial charge in [-0.25, -0.2) is 0 Å². The number of hydrogen-bond acceptors (Lipinski definition) is 3. The number of benzene rings is 1. The first-order chi connectivity index (χ1) is 10.0. The molecule has 0 aromatic heterocycles. The van der Waals surface area contributed by atoms with Crippen molar-refractivity contribution in [1.82, 2.24) is 0 Å². The molecule has 0 aliphatic heterocycles. The molecule has 1 amide bonds. The van der Waals surface area contributed by atoms with E-state index in [0.717, 1.165) is 30.2 Å². The molecule has 1 aromatic rings. The number of oxime groups is 1. The fraction of sp³-hybridized carbons (Fsp3) is 0.467. The second kappa shape index (κ2) is 8.67. The normalized spacial score (nSPS) is 11.7. The minimum absolute atomic E-state index is 0.0147. The summed E-state index contributed by atoms with van der Waals surface area (Å²) >= 11 is 3.36. The van der Waals surface area contributed by atoms with E-state index in [-0.39, 0.29) is 17.7 Å². The predicted molar refractivity (Wildman–Crippen MR) is 88.6 cm³/mol. The molecule has 21 heavy (non-hydrogen) atoms. The summed E-state index contributed by atoms with van der Waals surface area (Å²) in [6, 6.07) is 5.22. The average Bonchev–Trinajstić information content (AvgIpc) is 2.46. The summed E-state index contributed by atoms with van der Waals surface area (Å²) in [5.74, 6) is -0.0664. The maximum absolute atomic E-state index is 12.4. The largest absolute Gasteiger partial charge is 0.409 e. The average molecular weight is 356 g/mol. The van der Waals surface area contributed by atoms with Crippen LogP contribution in [0.2, 0.25) is 0 Å². The van der Waals surface area contributed by atoms with Crippen LogP contribution in [-0.4, -0.2) is 17.0 Å². The summed E-state index contributed by atoms with van der Waals surface area (Å²) in [4.78, 5) is 12.4. The highest BCUT2D eigenvalue weighted by molar-refractivity contribution is 9.10. The van der Waals surface area contributed by atoms with Gasteiger partial charge < -0.3 is 16.3 Å². The van der Waals surface area contributed by atoms with Gasteiger partial charge in [-0.05, 0) is 31.0 Å². The van der Waals surface area contributed by atoms with Gasteiger partial charge in [0.15, 0.2) is 5.84 Å². The number of carbonyl (C=O) groups is 1. The maximum atomic E-state index is 12.4. The van der Waals surface area contributed by atoms with Crippen molar-refractivity contribution in [2.45, 2.75) is 39.5 Å². The number of rotatable bonds is 7. The lowest BCUT2D eigenvalue weighted by Crippen LogP contribution is -2.25. The number of hydrogen-bond donors (Lipinski definition) is 3. The van der Waals surface area contributed by atoms with Crippen molar-refractivity contribution in [2.24, 2.45) is 16.8 Å². The van der Waals surface area contributed by atoms with Crippen LogP contribution in [0, 0.1) is 5.92 Å². The molecule has 116 valence electrons. The number of anilines is 1. The molecule has 0 spiro atoms. The highest BCUT2D eigenvalue weighted by Crippen LogP contribution is 2.23. The van der Waals surface area contributed by atoms with Gasteiger partial charge in [-0.1, -0.05) is 47.8 Å². The fourth-order valence-electron chi connectivity index (χ4n) is 2.24. The monoisotopic (exact) mass is 355 g/mol. The zero-order valence-electron chi connectivity index (χ0n) is 12.4. The Kier molecular flexibility index (Phi) is 7.22. The number of halogens is 1. The lowest BCUT2D eigenvalue weighted by molar-refractivity contribution is -0.120. The van der Waals surface area contributed by atoms with Gasteiger partial charge >= 0.3 is 0 Å². The molecule has 0 fully saturated rings. The van der Waals surface area contributed by atoms with E-state index in [2.05, 4.69) is 40.2 Å². The van der Waals surface area contributed by atoms with Crippen molar-refractivity contribution >= 4 is 33.4 Å². The minimum atomic E-state index is -0.0275. The van der Waals surface area contributed by atoms with Crippen LogP contribution in [-0.2, 0) is 4.79 Å². The van der Waals surface area contributed by atoms with E-state index in [0.29, 0.717) is 11.3 Å². The number of nitrogens with one attached hydrogen (secondary N) is 1. The van der Waals surface area contributed by atoms with Gasteiger partial charge in [0.1, 0.15) is 0 Å². The summed E-state index contributed by atoms with van der Waals surface area (Å²) in [6.07, 6.45) is 3.63. The van der Waals surface area contributed by atoms with Gasteiger partial charge in [0.2, 0.25) is 5.91 Å². The Morgan fingerprint density at radius 1 is 1.38 bits per heavy atom. The third-order valence-electron chi connectivity index (χ3n) is 3.27. The Bertz CT molecular complexity index is 512. The Morgan fingerprint density at radius 3 is 2.52 bits per heavy atom. The van der Waals surface area contributed by atoms with Crippen molar-refractivity contribution < 1.29 is 10.0 Å². The van der Waals surface area contributed by atoms with Gasteiger partial charge in [-0.15, -0.1) is 0 Å². The van der Waals surface area contributed by atoms with Gasteiger partial charge in [0.25, 0.3) is 0 Å². The Hall–Kier alpha value is -1.56. The molecule has 0 bridgehead atoms. The standard InChI is InChI=1S/C15H22BrN3O2/c1-3-5-10(6-4-2)15(20)18-13-9-11(16)7-8-12(13)14(17)19-21/h7-10,21H,3-6H2,1-2H3,(H2,17,19)(H,18,20). The topological polar surface area (TPSA) is 87.7 Å². The van der Waals surface area contributed by atoms with Crippen LogP contribution in [0.4, 0.5) is 5.69 Å². The molecule has 0 saturated carbocycles. The quantitative estimate of drug-likeness (QED) is 0.301. The SMILES string of the molecule is CCCC(CCC)C(=O)Nc1cc(Br)ccc1/C(N)=N/O. The van der Waals surface area contributed by atoms with Crippen LogP contribution in [0.5, 0.6) is 0 Å². The van der Waals surface area contributed by atoms with Gasteiger partial charge in [0, 0.05) is 16.0 Å². The van der Waals surface area contributed by atoms with Crippen molar-refractivity contribution in [2.75, 3.05) is 5.32 Å².